The summed E-state index contributed by atoms with van der Waals surface area (Å²) in [5, 5.41) is 39.8. The molecule has 0 aliphatic carbocycles. The van der Waals surface area contributed by atoms with E-state index in [1.807, 2.05) is 0 Å². The molecule has 4 N–H and O–H groups in total. The number of aliphatic hydroxyl groups is 4. The molecule has 1 aliphatic heterocycles. The van der Waals surface area contributed by atoms with E-state index in [-0.39, 0.29) is 0 Å². The minimum atomic E-state index is -1.38. The van der Waals surface area contributed by atoms with Crippen molar-refractivity contribution in [1.29, 1.82) is 0 Å². The molecule has 0 spiro atoms. The van der Waals surface area contributed by atoms with E-state index in [9.17, 15) is 15.3 Å². The summed E-state index contributed by atoms with van der Waals surface area (Å²) in [7, 11) is 0. The van der Waals surface area contributed by atoms with Crippen LogP contribution >= 0.6 is 12.2 Å². The fraction of sp³-hybridized carbons (Fsp3) is 0.929. The second-order valence-corrected chi connectivity index (χ2v) is 5.62. The predicted octanol–water partition coefficient (Wildman–Crippen LogP) is 0.143. The molecule has 21 heavy (non-hydrogen) atoms. The molecule has 0 aromatic rings. The Labute approximate surface area is 130 Å². The molecule has 1 rings (SSSR count). The van der Waals surface area contributed by atoms with Gasteiger partial charge in [0.2, 0.25) is 0 Å². The summed E-state index contributed by atoms with van der Waals surface area (Å²) in [5.41, 5.74) is 0. The summed E-state index contributed by atoms with van der Waals surface area (Å²) in [5.74, 6) is 0. The molecule has 1 saturated heterocycles. The van der Waals surface area contributed by atoms with Gasteiger partial charge in [0.1, 0.15) is 24.4 Å². The smallest absolute Gasteiger partial charge is 0.186 e. The Hall–Kier alpha value is -0.150. The predicted molar refractivity (Wildman–Crippen MR) is 81.1 cm³/mol. The average Bonchev–Trinajstić information content (AvgIpc) is 2.49. The Balaban J connectivity index is 2.17. The molecule has 1 unspecified atom stereocenters. The third kappa shape index (κ3) is 6.23. The molecular weight excluding hydrogens is 296 g/mol. The lowest BCUT2D eigenvalue weighted by Gasteiger charge is -2.39. The van der Waals surface area contributed by atoms with Crippen molar-refractivity contribution in [2.45, 2.75) is 69.2 Å². The molecule has 0 aromatic heterocycles. The minimum absolute atomic E-state index is 0.399. The van der Waals surface area contributed by atoms with Gasteiger partial charge in [0, 0.05) is 6.61 Å². The molecule has 1 heterocycles. The van der Waals surface area contributed by atoms with Crippen LogP contribution < -0.4 is 0 Å². The summed E-state index contributed by atoms with van der Waals surface area (Å²) in [6.45, 7) is -0.0411. The minimum Gasteiger partial charge on any atom is -0.394 e. The molecule has 1 fully saturated rings. The fourth-order valence-electron chi connectivity index (χ4n) is 2.26. The monoisotopic (exact) mass is 322 g/mol. The summed E-state index contributed by atoms with van der Waals surface area (Å²) >= 11 is 4.75. The van der Waals surface area contributed by atoms with Crippen LogP contribution in [0.15, 0.2) is 0 Å². The first kappa shape index (κ1) is 18.9. The number of aliphatic hydroxyl groups excluding tert-OH is 4. The van der Waals surface area contributed by atoms with Gasteiger partial charge in [0.25, 0.3) is 0 Å². The van der Waals surface area contributed by atoms with Crippen LogP contribution in [-0.4, -0.2) is 69.7 Å². The van der Waals surface area contributed by atoms with Crippen LogP contribution in [0.2, 0.25) is 0 Å². The third-order valence-electron chi connectivity index (χ3n) is 3.60. The van der Waals surface area contributed by atoms with Crippen molar-refractivity contribution in [3.8, 4) is 0 Å². The first-order valence-corrected chi connectivity index (χ1v) is 7.94. The van der Waals surface area contributed by atoms with Gasteiger partial charge in [0.15, 0.2) is 6.29 Å². The molecule has 124 valence electrons. The Bertz CT molecular complexity index is 289. The number of thiocarbonyl (C=S) groups is 1. The van der Waals surface area contributed by atoms with Crippen molar-refractivity contribution < 1.29 is 29.9 Å². The van der Waals surface area contributed by atoms with E-state index >= 15 is 0 Å². The van der Waals surface area contributed by atoms with Gasteiger partial charge < -0.3 is 29.9 Å². The van der Waals surface area contributed by atoms with Gasteiger partial charge in [-0.05, 0) is 24.6 Å². The lowest BCUT2D eigenvalue weighted by molar-refractivity contribution is -0.301. The third-order valence-corrected chi connectivity index (χ3v) is 3.83. The molecule has 0 amide bonds. The van der Waals surface area contributed by atoms with Crippen LogP contribution in [-0.2, 0) is 9.47 Å². The zero-order chi connectivity index (χ0) is 15.7. The zero-order valence-electron chi connectivity index (χ0n) is 12.1. The van der Waals surface area contributed by atoms with Gasteiger partial charge in [0.05, 0.1) is 6.61 Å². The van der Waals surface area contributed by atoms with Crippen LogP contribution in [0.4, 0.5) is 0 Å². The van der Waals surface area contributed by atoms with Crippen LogP contribution in [0.1, 0.15) is 38.5 Å². The maximum atomic E-state index is 9.77. The van der Waals surface area contributed by atoms with Gasteiger partial charge in [-0.1, -0.05) is 31.5 Å². The van der Waals surface area contributed by atoms with Gasteiger partial charge in [-0.25, -0.2) is 0 Å². The Morgan fingerprint density at radius 2 is 1.62 bits per heavy atom. The van der Waals surface area contributed by atoms with Crippen LogP contribution in [0.3, 0.4) is 0 Å². The van der Waals surface area contributed by atoms with E-state index in [0.717, 1.165) is 38.5 Å². The molecule has 0 aromatic carbocycles. The molecule has 0 radical (unpaired) electrons. The average molecular weight is 322 g/mol. The van der Waals surface area contributed by atoms with Crippen LogP contribution in [0, 0.1) is 0 Å². The fourth-order valence-corrected chi connectivity index (χ4v) is 2.43. The summed E-state index contributed by atoms with van der Waals surface area (Å²) in [4.78, 5) is 0. The highest BCUT2D eigenvalue weighted by atomic mass is 32.1. The summed E-state index contributed by atoms with van der Waals surface area (Å²) in [6, 6.07) is 0. The summed E-state index contributed by atoms with van der Waals surface area (Å²) in [6.07, 6.45) is 0.175. The molecule has 6 nitrogen and oxygen atoms in total. The maximum Gasteiger partial charge on any atom is 0.186 e. The van der Waals surface area contributed by atoms with E-state index < -0.39 is 37.3 Å². The number of rotatable bonds is 10. The highest BCUT2D eigenvalue weighted by Crippen LogP contribution is 2.22. The largest absolute Gasteiger partial charge is 0.394 e. The van der Waals surface area contributed by atoms with E-state index in [4.69, 9.17) is 26.8 Å². The Morgan fingerprint density at radius 1 is 0.952 bits per heavy atom. The van der Waals surface area contributed by atoms with Gasteiger partial charge in [-0.3, -0.25) is 0 Å². The van der Waals surface area contributed by atoms with Gasteiger partial charge in [-0.15, -0.1) is 0 Å². The summed E-state index contributed by atoms with van der Waals surface area (Å²) < 4.78 is 10.6. The SMILES string of the molecule is OC[C@H]1OC(OCCCCCCCC=S)[C@H](O)[C@@H](O)[C@@H]1O. The van der Waals surface area contributed by atoms with Crippen molar-refractivity contribution in [3.63, 3.8) is 0 Å². The first-order valence-electron chi connectivity index (χ1n) is 7.47. The normalized spacial score (nSPS) is 33.0. The van der Waals surface area contributed by atoms with Gasteiger partial charge >= 0.3 is 0 Å². The number of ether oxygens (including phenoxy) is 2. The van der Waals surface area contributed by atoms with Gasteiger partial charge in [-0.2, -0.15) is 0 Å². The van der Waals surface area contributed by atoms with Crippen molar-refractivity contribution in [1.82, 2.24) is 0 Å². The van der Waals surface area contributed by atoms with Crippen molar-refractivity contribution >= 4 is 17.6 Å². The van der Waals surface area contributed by atoms with Crippen molar-refractivity contribution in [3.05, 3.63) is 0 Å². The molecule has 0 bridgehead atoms. The zero-order valence-corrected chi connectivity index (χ0v) is 13.0. The molecule has 5 atom stereocenters. The Kier molecular flexibility index (Phi) is 9.50. The highest BCUT2D eigenvalue weighted by molar-refractivity contribution is 7.78. The van der Waals surface area contributed by atoms with E-state index in [1.165, 1.54) is 0 Å². The van der Waals surface area contributed by atoms with Crippen molar-refractivity contribution in [2.75, 3.05) is 13.2 Å². The lowest BCUT2D eigenvalue weighted by Crippen LogP contribution is -2.59. The topological polar surface area (TPSA) is 99.4 Å². The maximum absolute atomic E-state index is 9.77. The number of hydrogen-bond acceptors (Lipinski definition) is 7. The van der Waals surface area contributed by atoms with E-state index in [2.05, 4.69) is 0 Å². The number of unbranched alkanes of at least 4 members (excludes halogenated alkanes) is 5. The highest BCUT2D eigenvalue weighted by Gasteiger charge is 2.43. The second-order valence-electron chi connectivity index (χ2n) is 5.29. The van der Waals surface area contributed by atoms with Crippen LogP contribution in [0.25, 0.3) is 0 Å². The van der Waals surface area contributed by atoms with E-state index in [0.29, 0.717) is 6.61 Å². The molecule has 7 heteroatoms. The number of hydrogen-bond donors (Lipinski definition) is 4. The first-order chi connectivity index (χ1) is 10.1. The molecule has 0 saturated carbocycles. The Morgan fingerprint density at radius 3 is 2.29 bits per heavy atom. The molecular formula is C14H26O6S. The lowest BCUT2D eigenvalue weighted by atomic mass is 9.99. The second kappa shape index (κ2) is 10.6. The van der Waals surface area contributed by atoms with Crippen LogP contribution in [0.5, 0.6) is 0 Å². The van der Waals surface area contributed by atoms with Crippen molar-refractivity contribution in [2.24, 2.45) is 0 Å². The quantitative estimate of drug-likeness (QED) is 0.335. The van der Waals surface area contributed by atoms with E-state index in [1.54, 1.807) is 5.37 Å². The molecule has 1 aliphatic rings. The standard InChI is InChI=1S/C14H26O6S/c15-9-10-11(16)12(17)13(18)14(20-10)19-7-5-3-1-2-4-6-8-21/h8,10-18H,1-7,9H2/t10-,11-,12+,13-,14?/m1/s1.